The minimum absolute atomic E-state index is 0.106. The maximum atomic E-state index is 12.5. The molecule has 0 spiro atoms. The summed E-state index contributed by atoms with van der Waals surface area (Å²) in [5, 5.41) is 2.90. The largest absolute Gasteiger partial charge is 0.491 e. The summed E-state index contributed by atoms with van der Waals surface area (Å²) in [4.78, 5) is 17.0. The van der Waals surface area contributed by atoms with Crippen LogP contribution in [0, 0.1) is 0 Å². The highest BCUT2D eigenvalue weighted by Gasteiger charge is 2.13. The molecule has 0 saturated heterocycles. The Kier molecular flexibility index (Phi) is 4.51. The number of benzene rings is 2. The number of rotatable bonds is 5. The molecule has 0 radical (unpaired) electrons. The van der Waals surface area contributed by atoms with Crippen LogP contribution in [-0.4, -0.2) is 21.6 Å². The first-order valence-corrected chi connectivity index (χ1v) is 8.12. The molecule has 1 aromatic heterocycles. The van der Waals surface area contributed by atoms with Gasteiger partial charge < -0.3 is 9.30 Å². The number of nitrogens with one attached hydrogen (secondary N) is 1. The van der Waals surface area contributed by atoms with Gasteiger partial charge in [0.1, 0.15) is 5.75 Å². The van der Waals surface area contributed by atoms with Crippen LogP contribution < -0.4 is 10.1 Å². The molecule has 1 amide bonds. The maximum absolute atomic E-state index is 12.5. The van der Waals surface area contributed by atoms with Gasteiger partial charge in [0.05, 0.1) is 17.1 Å². The van der Waals surface area contributed by atoms with Gasteiger partial charge in [-0.2, -0.15) is 0 Å². The van der Waals surface area contributed by atoms with E-state index in [0.717, 1.165) is 23.3 Å². The zero-order chi connectivity index (χ0) is 17.1. The SMILES string of the molecule is CCn1c(NC(=O)c2ccc(OC(C)C)cc2)nc2ccccc21. The van der Waals surface area contributed by atoms with E-state index >= 15 is 0 Å². The molecule has 0 aliphatic heterocycles. The number of fused-ring (bicyclic) bond motifs is 1. The van der Waals surface area contributed by atoms with Crippen LogP contribution in [0.3, 0.4) is 0 Å². The van der Waals surface area contributed by atoms with Gasteiger partial charge >= 0.3 is 0 Å². The van der Waals surface area contributed by atoms with E-state index < -0.39 is 0 Å². The first-order valence-electron chi connectivity index (χ1n) is 8.12. The molecule has 5 heteroatoms. The predicted octanol–water partition coefficient (Wildman–Crippen LogP) is 4.10. The lowest BCUT2D eigenvalue weighted by Crippen LogP contribution is -2.15. The van der Waals surface area contributed by atoms with Gasteiger partial charge in [-0.25, -0.2) is 4.98 Å². The van der Waals surface area contributed by atoms with Crippen LogP contribution in [0.5, 0.6) is 5.75 Å². The van der Waals surface area contributed by atoms with Crippen molar-refractivity contribution in [2.75, 3.05) is 5.32 Å². The third-order valence-corrected chi connectivity index (χ3v) is 3.68. The Labute approximate surface area is 141 Å². The first-order chi connectivity index (χ1) is 11.6. The van der Waals surface area contributed by atoms with Crippen molar-refractivity contribution >= 4 is 22.9 Å². The number of hydrogen-bond acceptors (Lipinski definition) is 3. The van der Waals surface area contributed by atoms with Crippen molar-refractivity contribution < 1.29 is 9.53 Å². The molecule has 0 aliphatic carbocycles. The number of ether oxygens (including phenoxy) is 1. The average molecular weight is 323 g/mol. The van der Waals surface area contributed by atoms with Gasteiger partial charge in [-0.15, -0.1) is 0 Å². The summed E-state index contributed by atoms with van der Waals surface area (Å²) in [5.74, 6) is 1.13. The second-order valence-electron chi connectivity index (χ2n) is 5.81. The first kappa shape index (κ1) is 16.1. The number of imidazole rings is 1. The standard InChI is InChI=1S/C19H21N3O2/c1-4-22-17-8-6-5-7-16(17)20-19(22)21-18(23)14-9-11-15(12-10-14)24-13(2)3/h5-13H,4H2,1-3H3,(H,20,21,23). The number of amides is 1. The molecular weight excluding hydrogens is 302 g/mol. The highest BCUT2D eigenvalue weighted by Crippen LogP contribution is 2.20. The molecule has 3 aromatic rings. The van der Waals surface area contributed by atoms with Crippen molar-refractivity contribution in [3.63, 3.8) is 0 Å². The van der Waals surface area contributed by atoms with Gasteiger partial charge in [-0.1, -0.05) is 12.1 Å². The zero-order valence-electron chi connectivity index (χ0n) is 14.1. The number of aromatic nitrogens is 2. The van der Waals surface area contributed by atoms with Gasteiger partial charge in [-0.05, 0) is 57.2 Å². The molecule has 0 aliphatic rings. The summed E-state index contributed by atoms with van der Waals surface area (Å²) >= 11 is 0. The Morgan fingerprint density at radius 3 is 2.54 bits per heavy atom. The van der Waals surface area contributed by atoms with Crippen LogP contribution in [-0.2, 0) is 6.54 Å². The zero-order valence-corrected chi connectivity index (χ0v) is 14.1. The minimum Gasteiger partial charge on any atom is -0.491 e. The third-order valence-electron chi connectivity index (χ3n) is 3.68. The van der Waals surface area contributed by atoms with E-state index in [1.807, 2.05) is 49.6 Å². The Morgan fingerprint density at radius 1 is 1.17 bits per heavy atom. The Balaban J connectivity index is 1.82. The van der Waals surface area contributed by atoms with Crippen LogP contribution in [0.25, 0.3) is 11.0 Å². The molecular formula is C19H21N3O2. The van der Waals surface area contributed by atoms with E-state index in [9.17, 15) is 4.79 Å². The van der Waals surface area contributed by atoms with Crippen LogP contribution >= 0.6 is 0 Å². The summed E-state index contributed by atoms with van der Waals surface area (Å²) in [7, 11) is 0. The smallest absolute Gasteiger partial charge is 0.257 e. The number of carbonyl (C=O) groups excluding carboxylic acids is 1. The fourth-order valence-corrected chi connectivity index (χ4v) is 2.62. The molecule has 1 heterocycles. The van der Waals surface area contributed by atoms with E-state index in [2.05, 4.69) is 10.3 Å². The number of para-hydroxylation sites is 2. The van der Waals surface area contributed by atoms with Crippen LogP contribution in [0.1, 0.15) is 31.1 Å². The molecule has 0 bridgehead atoms. The molecule has 5 nitrogen and oxygen atoms in total. The van der Waals surface area contributed by atoms with E-state index in [4.69, 9.17) is 4.74 Å². The van der Waals surface area contributed by atoms with Gasteiger partial charge in [-0.3, -0.25) is 10.1 Å². The summed E-state index contributed by atoms with van der Waals surface area (Å²) < 4.78 is 7.58. The highest BCUT2D eigenvalue weighted by atomic mass is 16.5. The number of anilines is 1. The minimum atomic E-state index is -0.184. The van der Waals surface area contributed by atoms with Crippen LogP contribution in [0.15, 0.2) is 48.5 Å². The van der Waals surface area contributed by atoms with Crippen molar-refractivity contribution in [2.24, 2.45) is 0 Å². The van der Waals surface area contributed by atoms with Gasteiger partial charge in [0, 0.05) is 12.1 Å². The average Bonchev–Trinajstić information content (AvgIpc) is 2.91. The van der Waals surface area contributed by atoms with Gasteiger partial charge in [0.25, 0.3) is 5.91 Å². The number of carbonyl (C=O) groups is 1. The molecule has 0 saturated carbocycles. The fourth-order valence-electron chi connectivity index (χ4n) is 2.62. The van der Waals surface area contributed by atoms with E-state index in [-0.39, 0.29) is 12.0 Å². The molecule has 124 valence electrons. The van der Waals surface area contributed by atoms with Crippen molar-refractivity contribution in [1.29, 1.82) is 0 Å². The lowest BCUT2D eigenvalue weighted by molar-refractivity contribution is 0.102. The number of nitrogens with zero attached hydrogens (tertiary/aromatic N) is 2. The molecule has 0 atom stereocenters. The summed E-state index contributed by atoms with van der Waals surface area (Å²) in [6, 6.07) is 15.0. The molecule has 3 rings (SSSR count). The van der Waals surface area contributed by atoms with Crippen LogP contribution in [0.2, 0.25) is 0 Å². The van der Waals surface area contributed by atoms with Gasteiger partial charge in [0.2, 0.25) is 5.95 Å². The van der Waals surface area contributed by atoms with Crippen molar-refractivity contribution in [2.45, 2.75) is 33.4 Å². The van der Waals surface area contributed by atoms with Gasteiger partial charge in [0.15, 0.2) is 0 Å². The summed E-state index contributed by atoms with van der Waals surface area (Å²) in [6.45, 7) is 6.70. The molecule has 24 heavy (non-hydrogen) atoms. The van der Waals surface area contributed by atoms with Crippen molar-refractivity contribution in [3.8, 4) is 5.75 Å². The van der Waals surface area contributed by atoms with E-state index in [1.165, 1.54) is 0 Å². The van der Waals surface area contributed by atoms with Crippen LogP contribution in [0.4, 0.5) is 5.95 Å². The Bertz CT molecular complexity index is 851. The number of aryl methyl sites for hydroxylation is 1. The normalized spacial score (nSPS) is 11.0. The molecule has 0 unspecified atom stereocenters. The third kappa shape index (κ3) is 3.25. The lowest BCUT2D eigenvalue weighted by Gasteiger charge is -2.10. The molecule has 1 N–H and O–H groups in total. The van der Waals surface area contributed by atoms with E-state index in [1.54, 1.807) is 24.3 Å². The fraction of sp³-hybridized carbons (Fsp3) is 0.263. The Hall–Kier alpha value is -2.82. The topological polar surface area (TPSA) is 56.2 Å². The van der Waals surface area contributed by atoms with E-state index in [0.29, 0.717) is 11.5 Å². The second-order valence-corrected chi connectivity index (χ2v) is 5.81. The maximum Gasteiger partial charge on any atom is 0.257 e. The van der Waals surface area contributed by atoms with Crippen molar-refractivity contribution in [1.82, 2.24) is 9.55 Å². The molecule has 2 aromatic carbocycles. The summed E-state index contributed by atoms with van der Waals surface area (Å²) in [5.41, 5.74) is 2.45. The monoisotopic (exact) mass is 323 g/mol. The predicted molar refractivity (Wildman–Crippen MR) is 95.6 cm³/mol. The van der Waals surface area contributed by atoms with Crippen molar-refractivity contribution in [3.05, 3.63) is 54.1 Å². The second kappa shape index (κ2) is 6.74. The molecule has 0 fully saturated rings. The Morgan fingerprint density at radius 2 is 1.88 bits per heavy atom. The highest BCUT2D eigenvalue weighted by molar-refractivity contribution is 6.04. The quantitative estimate of drug-likeness (QED) is 0.769. The number of hydrogen-bond donors (Lipinski definition) is 1. The lowest BCUT2D eigenvalue weighted by atomic mass is 10.2. The summed E-state index contributed by atoms with van der Waals surface area (Å²) in [6.07, 6.45) is 0.106.